The topological polar surface area (TPSA) is 67.9 Å². The average molecular weight is 473 g/mol. The minimum atomic E-state index is -0.638. The maximum absolute atomic E-state index is 13.2. The van der Waals surface area contributed by atoms with Crippen molar-refractivity contribution >= 4 is 23.4 Å². The molecule has 1 aliphatic carbocycles. The number of halogens is 1. The van der Waals surface area contributed by atoms with E-state index in [9.17, 15) is 9.59 Å². The normalized spacial score (nSPS) is 14.9. The second-order valence-electron chi connectivity index (χ2n) is 8.59. The van der Waals surface area contributed by atoms with Gasteiger partial charge in [0, 0.05) is 17.6 Å². The third-order valence-corrected chi connectivity index (χ3v) is 6.52. The second kappa shape index (κ2) is 11.9. The van der Waals surface area contributed by atoms with Crippen molar-refractivity contribution in [1.29, 1.82) is 0 Å². The highest BCUT2D eigenvalue weighted by molar-refractivity contribution is 6.31. The third-order valence-electron chi connectivity index (χ3n) is 6.10. The molecule has 0 radical (unpaired) electrons. The Morgan fingerprint density at radius 2 is 1.88 bits per heavy atom. The van der Waals surface area contributed by atoms with E-state index >= 15 is 0 Å². The summed E-state index contributed by atoms with van der Waals surface area (Å²) in [6.07, 6.45) is 5.44. The number of carbonyl (C=O) groups excluding carboxylic acids is 2. The summed E-state index contributed by atoms with van der Waals surface area (Å²) in [5, 5.41) is 3.78. The van der Waals surface area contributed by atoms with Crippen LogP contribution in [0.5, 0.6) is 11.5 Å². The van der Waals surface area contributed by atoms with Crippen molar-refractivity contribution in [3.8, 4) is 11.5 Å². The lowest BCUT2D eigenvalue weighted by molar-refractivity contribution is -0.142. The first kappa shape index (κ1) is 24.9. The minimum Gasteiger partial charge on any atom is -0.497 e. The molecule has 1 fully saturated rings. The number of nitrogens with zero attached hydrogens (tertiary/aromatic N) is 1. The van der Waals surface area contributed by atoms with E-state index in [-0.39, 0.29) is 31.0 Å². The van der Waals surface area contributed by atoms with E-state index in [1.807, 2.05) is 31.2 Å². The Bertz CT molecular complexity index is 959. The molecule has 0 heterocycles. The van der Waals surface area contributed by atoms with Crippen LogP contribution in [0.2, 0.25) is 5.02 Å². The van der Waals surface area contributed by atoms with Crippen molar-refractivity contribution in [1.82, 2.24) is 10.2 Å². The number of carbonyl (C=O) groups is 2. The van der Waals surface area contributed by atoms with E-state index < -0.39 is 6.04 Å². The van der Waals surface area contributed by atoms with Crippen molar-refractivity contribution in [3.05, 3.63) is 58.6 Å². The molecule has 1 N–H and O–H groups in total. The molecule has 178 valence electrons. The van der Waals surface area contributed by atoms with Gasteiger partial charge in [-0.2, -0.15) is 0 Å². The molecule has 33 heavy (non-hydrogen) atoms. The molecular formula is C26H33ClN2O4. The standard InChI is InChI=1S/C26H33ClN2O4/c1-18-14-23(12-13-24(18)27)33-17-25(30)29(16-20-8-7-11-22(15-20)32-3)19(2)26(31)28-21-9-5-4-6-10-21/h7-8,11-15,19,21H,4-6,9-10,16-17H2,1-3H3,(H,28,31). The first-order valence-electron chi connectivity index (χ1n) is 11.5. The lowest BCUT2D eigenvalue weighted by atomic mass is 9.95. The maximum Gasteiger partial charge on any atom is 0.261 e. The van der Waals surface area contributed by atoms with Gasteiger partial charge in [-0.15, -0.1) is 0 Å². The zero-order chi connectivity index (χ0) is 23.8. The number of benzene rings is 2. The summed E-state index contributed by atoms with van der Waals surface area (Å²) in [4.78, 5) is 27.8. The van der Waals surface area contributed by atoms with E-state index in [1.54, 1.807) is 37.1 Å². The van der Waals surface area contributed by atoms with Crippen LogP contribution in [-0.2, 0) is 16.1 Å². The monoisotopic (exact) mass is 472 g/mol. The van der Waals surface area contributed by atoms with E-state index in [0.717, 1.165) is 36.8 Å². The van der Waals surface area contributed by atoms with E-state index in [1.165, 1.54) is 6.42 Å². The fourth-order valence-corrected chi connectivity index (χ4v) is 4.17. The number of methoxy groups -OCH3 is 1. The van der Waals surface area contributed by atoms with Gasteiger partial charge in [-0.05, 0) is 68.1 Å². The van der Waals surface area contributed by atoms with Gasteiger partial charge in [-0.1, -0.05) is 43.0 Å². The van der Waals surface area contributed by atoms with Crippen molar-refractivity contribution in [3.63, 3.8) is 0 Å². The molecule has 1 unspecified atom stereocenters. The molecule has 2 aromatic carbocycles. The van der Waals surface area contributed by atoms with Gasteiger partial charge in [0.15, 0.2) is 6.61 Å². The van der Waals surface area contributed by atoms with Crippen molar-refractivity contribution in [2.24, 2.45) is 0 Å². The molecule has 7 heteroatoms. The van der Waals surface area contributed by atoms with Gasteiger partial charge in [0.25, 0.3) is 5.91 Å². The summed E-state index contributed by atoms with van der Waals surface area (Å²) >= 11 is 6.08. The fraction of sp³-hybridized carbons (Fsp3) is 0.462. The molecule has 2 aromatic rings. The number of nitrogens with one attached hydrogen (secondary N) is 1. The molecule has 3 rings (SSSR count). The Labute approximate surface area is 201 Å². The van der Waals surface area contributed by atoms with Gasteiger partial charge < -0.3 is 19.7 Å². The fourth-order valence-electron chi connectivity index (χ4n) is 4.05. The third kappa shape index (κ3) is 7.13. The number of hydrogen-bond acceptors (Lipinski definition) is 4. The van der Waals surface area contributed by atoms with Gasteiger partial charge >= 0.3 is 0 Å². The number of hydrogen-bond donors (Lipinski definition) is 1. The van der Waals surface area contributed by atoms with Gasteiger partial charge in [0.05, 0.1) is 7.11 Å². The first-order chi connectivity index (χ1) is 15.9. The summed E-state index contributed by atoms with van der Waals surface area (Å²) < 4.78 is 11.1. The highest BCUT2D eigenvalue weighted by Crippen LogP contribution is 2.22. The lowest BCUT2D eigenvalue weighted by Crippen LogP contribution is -2.51. The van der Waals surface area contributed by atoms with Crippen LogP contribution in [0, 0.1) is 6.92 Å². The molecule has 0 aliphatic heterocycles. The minimum absolute atomic E-state index is 0.138. The van der Waals surface area contributed by atoms with E-state index in [2.05, 4.69) is 5.32 Å². The highest BCUT2D eigenvalue weighted by Gasteiger charge is 2.28. The molecule has 1 saturated carbocycles. The summed E-state index contributed by atoms with van der Waals surface area (Å²) in [5.74, 6) is 0.857. The van der Waals surface area contributed by atoms with Crippen LogP contribution >= 0.6 is 11.6 Å². The van der Waals surface area contributed by atoms with Crippen LogP contribution in [0.25, 0.3) is 0 Å². The van der Waals surface area contributed by atoms with Crippen molar-refractivity contribution in [2.75, 3.05) is 13.7 Å². The van der Waals surface area contributed by atoms with Crippen LogP contribution in [0.1, 0.15) is 50.2 Å². The first-order valence-corrected chi connectivity index (χ1v) is 11.9. The quantitative estimate of drug-likeness (QED) is 0.563. The van der Waals surface area contributed by atoms with Crippen molar-refractivity contribution < 1.29 is 19.1 Å². The predicted molar refractivity (Wildman–Crippen MR) is 130 cm³/mol. The molecule has 0 spiro atoms. The Hall–Kier alpha value is -2.73. The van der Waals surface area contributed by atoms with Gasteiger partial charge in [-0.25, -0.2) is 0 Å². The van der Waals surface area contributed by atoms with Crippen LogP contribution in [0.15, 0.2) is 42.5 Å². The molecule has 0 aromatic heterocycles. The molecular weight excluding hydrogens is 440 g/mol. The molecule has 1 aliphatic rings. The number of rotatable bonds is 9. The molecule has 6 nitrogen and oxygen atoms in total. The Kier molecular flexibility index (Phi) is 9.01. The molecule has 1 atom stereocenters. The summed E-state index contributed by atoms with van der Waals surface area (Å²) in [6, 6.07) is 12.3. The van der Waals surface area contributed by atoms with Crippen molar-refractivity contribution in [2.45, 2.75) is 64.6 Å². The van der Waals surface area contributed by atoms with Gasteiger partial charge in [0.2, 0.25) is 5.91 Å². The molecule has 0 bridgehead atoms. The SMILES string of the molecule is COc1cccc(CN(C(=O)COc2ccc(Cl)c(C)c2)C(C)C(=O)NC2CCCCC2)c1. The summed E-state index contributed by atoms with van der Waals surface area (Å²) in [5.41, 5.74) is 1.75. The van der Waals surface area contributed by atoms with Crippen LogP contribution < -0.4 is 14.8 Å². The van der Waals surface area contributed by atoms with Crippen LogP contribution in [0.3, 0.4) is 0 Å². The zero-order valence-corrected chi connectivity index (χ0v) is 20.4. The Morgan fingerprint density at radius 3 is 2.58 bits per heavy atom. The summed E-state index contributed by atoms with van der Waals surface area (Å²) in [7, 11) is 1.60. The number of amides is 2. The smallest absolute Gasteiger partial charge is 0.261 e. The number of ether oxygens (including phenoxy) is 2. The maximum atomic E-state index is 13.2. The lowest BCUT2D eigenvalue weighted by Gasteiger charge is -2.31. The average Bonchev–Trinajstić information content (AvgIpc) is 2.83. The van der Waals surface area contributed by atoms with Crippen LogP contribution in [-0.4, -0.2) is 42.5 Å². The largest absolute Gasteiger partial charge is 0.497 e. The Morgan fingerprint density at radius 1 is 1.12 bits per heavy atom. The second-order valence-corrected chi connectivity index (χ2v) is 9.00. The van der Waals surface area contributed by atoms with E-state index in [4.69, 9.17) is 21.1 Å². The predicted octanol–water partition coefficient (Wildman–Crippen LogP) is 4.90. The highest BCUT2D eigenvalue weighted by atomic mass is 35.5. The summed E-state index contributed by atoms with van der Waals surface area (Å²) in [6.45, 7) is 3.75. The van der Waals surface area contributed by atoms with Crippen LogP contribution in [0.4, 0.5) is 0 Å². The molecule has 0 saturated heterocycles. The Balaban J connectivity index is 1.73. The van der Waals surface area contributed by atoms with Gasteiger partial charge in [-0.3, -0.25) is 9.59 Å². The van der Waals surface area contributed by atoms with Gasteiger partial charge in [0.1, 0.15) is 17.5 Å². The zero-order valence-electron chi connectivity index (χ0n) is 19.6. The molecule has 2 amide bonds. The van der Waals surface area contributed by atoms with E-state index in [0.29, 0.717) is 16.5 Å². The number of aryl methyl sites for hydroxylation is 1.